The molecule has 3 rings (SSSR count). The summed E-state index contributed by atoms with van der Waals surface area (Å²) in [6.07, 6.45) is -2.64. The molecule has 0 aromatic rings. The SMILES string of the molecule is CC(C)(C)NC(=O)C(=O)N1CC2CCC[C@@H]2C1C(=O)N[C@@H](C[C@@H]1CCNC1=O)C(=O)COC(F)(F)F. The number of nitrogens with zero attached hydrogens (tertiary/aromatic N) is 1. The van der Waals surface area contributed by atoms with Gasteiger partial charge in [0.25, 0.3) is 0 Å². The van der Waals surface area contributed by atoms with Crippen molar-refractivity contribution in [2.45, 2.75) is 76.9 Å². The third-order valence-corrected chi connectivity index (χ3v) is 6.87. The van der Waals surface area contributed by atoms with Crippen LogP contribution in [0.3, 0.4) is 0 Å². The number of hydrogen-bond donors (Lipinski definition) is 3. The highest BCUT2D eigenvalue weighted by atomic mass is 19.4. The van der Waals surface area contributed by atoms with Crippen LogP contribution < -0.4 is 16.0 Å². The molecule has 13 heteroatoms. The number of rotatable bonds is 7. The van der Waals surface area contributed by atoms with Gasteiger partial charge in [-0.2, -0.15) is 0 Å². The predicted octanol–water partition coefficient (Wildman–Crippen LogP) is 0.645. The van der Waals surface area contributed by atoms with Gasteiger partial charge in [0, 0.05) is 24.5 Å². The zero-order valence-corrected chi connectivity index (χ0v) is 20.6. The van der Waals surface area contributed by atoms with Crippen LogP contribution in [0, 0.1) is 17.8 Å². The van der Waals surface area contributed by atoms with E-state index in [4.69, 9.17) is 0 Å². The standard InChI is InChI=1S/C23H33F3N4O6/c1-22(2,3)29-20(34)21(35)30-10-13-5-4-6-14(13)17(30)19(33)28-15(9-12-7-8-27-18(12)32)16(31)11-36-23(24,25)26/h12-15,17H,4-11H2,1-3H3,(H,27,32)(H,28,33)(H,29,34)/t12-,13?,14-,15-,17?/m0/s1. The summed E-state index contributed by atoms with van der Waals surface area (Å²) in [5, 5.41) is 7.66. The van der Waals surface area contributed by atoms with Gasteiger partial charge in [0.15, 0.2) is 5.78 Å². The maximum atomic E-state index is 13.4. The number of fused-ring (bicyclic) bond motifs is 1. The molecule has 2 unspecified atom stereocenters. The number of carbonyl (C=O) groups is 5. The lowest BCUT2D eigenvalue weighted by molar-refractivity contribution is -0.321. The minimum Gasteiger partial charge on any atom is -0.356 e. The first-order chi connectivity index (χ1) is 16.7. The van der Waals surface area contributed by atoms with Crippen molar-refractivity contribution in [2.24, 2.45) is 17.8 Å². The molecule has 3 N–H and O–H groups in total. The molecule has 0 aromatic heterocycles. The Hall–Kier alpha value is -2.70. The fourth-order valence-corrected chi connectivity index (χ4v) is 5.31. The highest BCUT2D eigenvalue weighted by Gasteiger charge is 2.51. The molecule has 202 valence electrons. The summed E-state index contributed by atoms with van der Waals surface area (Å²) >= 11 is 0. The summed E-state index contributed by atoms with van der Waals surface area (Å²) in [6.45, 7) is 4.35. The van der Waals surface area contributed by atoms with Crippen LogP contribution in [-0.4, -0.2) is 78.0 Å². The Labute approximate surface area is 207 Å². The topological polar surface area (TPSA) is 134 Å². The van der Waals surface area contributed by atoms with Crippen molar-refractivity contribution in [1.82, 2.24) is 20.9 Å². The lowest BCUT2D eigenvalue weighted by Crippen LogP contribution is -2.57. The van der Waals surface area contributed by atoms with Crippen molar-refractivity contribution in [3.8, 4) is 0 Å². The zero-order valence-electron chi connectivity index (χ0n) is 20.6. The lowest BCUT2D eigenvalue weighted by Gasteiger charge is -2.30. The van der Waals surface area contributed by atoms with Crippen LogP contribution in [0.5, 0.6) is 0 Å². The molecule has 0 aromatic carbocycles. The lowest BCUT2D eigenvalue weighted by atomic mass is 9.92. The third kappa shape index (κ3) is 6.95. The Morgan fingerprint density at radius 1 is 1.14 bits per heavy atom. The van der Waals surface area contributed by atoms with E-state index in [-0.39, 0.29) is 30.7 Å². The maximum absolute atomic E-state index is 13.4. The Bertz CT molecular complexity index is 903. The molecule has 0 bridgehead atoms. The van der Waals surface area contributed by atoms with Gasteiger partial charge >= 0.3 is 18.2 Å². The first-order valence-corrected chi connectivity index (χ1v) is 12.1. The van der Waals surface area contributed by atoms with Gasteiger partial charge in [0.2, 0.25) is 11.8 Å². The highest BCUT2D eigenvalue weighted by Crippen LogP contribution is 2.42. The summed E-state index contributed by atoms with van der Waals surface area (Å²) < 4.78 is 41.2. The van der Waals surface area contributed by atoms with Crippen LogP contribution in [0.2, 0.25) is 0 Å². The van der Waals surface area contributed by atoms with Gasteiger partial charge < -0.3 is 20.9 Å². The Morgan fingerprint density at radius 3 is 2.42 bits per heavy atom. The average molecular weight is 519 g/mol. The number of Topliss-reactive ketones (excluding diaryl/α,β-unsaturated/α-hetero) is 1. The maximum Gasteiger partial charge on any atom is 0.522 e. The first-order valence-electron chi connectivity index (χ1n) is 12.1. The summed E-state index contributed by atoms with van der Waals surface area (Å²) in [4.78, 5) is 64.8. The summed E-state index contributed by atoms with van der Waals surface area (Å²) in [5.41, 5.74) is -0.683. The molecule has 0 radical (unpaired) electrons. The quantitative estimate of drug-likeness (QED) is 0.424. The largest absolute Gasteiger partial charge is 0.522 e. The molecule has 2 saturated heterocycles. The molecule has 10 nitrogen and oxygen atoms in total. The molecular formula is C23H33F3N4O6. The van der Waals surface area contributed by atoms with Crippen molar-refractivity contribution < 1.29 is 41.9 Å². The van der Waals surface area contributed by atoms with Crippen LogP contribution in [0.1, 0.15) is 52.9 Å². The molecule has 3 aliphatic rings. The number of carbonyl (C=O) groups excluding carboxylic acids is 5. The average Bonchev–Trinajstić information content (AvgIpc) is 3.45. The van der Waals surface area contributed by atoms with E-state index < -0.39 is 60.0 Å². The van der Waals surface area contributed by atoms with Crippen molar-refractivity contribution in [1.29, 1.82) is 0 Å². The fraction of sp³-hybridized carbons (Fsp3) is 0.783. The number of amides is 4. The van der Waals surface area contributed by atoms with Crippen LogP contribution in [0.15, 0.2) is 0 Å². The molecule has 3 fully saturated rings. The summed E-state index contributed by atoms with van der Waals surface area (Å²) in [7, 11) is 0. The van der Waals surface area contributed by atoms with Crippen LogP contribution >= 0.6 is 0 Å². The van der Waals surface area contributed by atoms with Crippen molar-refractivity contribution in [3.63, 3.8) is 0 Å². The number of likely N-dealkylation sites (tertiary alicyclic amines) is 1. The molecule has 1 aliphatic carbocycles. The van der Waals surface area contributed by atoms with E-state index in [0.717, 1.165) is 12.8 Å². The van der Waals surface area contributed by atoms with Gasteiger partial charge in [-0.25, -0.2) is 0 Å². The normalized spacial score (nSPS) is 26.8. The van der Waals surface area contributed by atoms with E-state index >= 15 is 0 Å². The Balaban J connectivity index is 1.78. The molecule has 2 heterocycles. The number of halogens is 3. The molecule has 5 atom stereocenters. The molecule has 1 saturated carbocycles. The van der Waals surface area contributed by atoms with Gasteiger partial charge in [-0.05, 0) is 58.3 Å². The smallest absolute Gasteiger partial charge is 0.356 e. The number of alkyl halides is 3. The van der Waals surface area contributed by atoms with Gasteiger partial charge in [-0.15, -0.1) is 13.2 Å². The van der Waals surface area contributed by atoms with E-state index in [2.05, 4.69) is 20.7 Å². The van der Waals surface area contributed by atoms with Gasteiger partial charge in [-0.1, -0.05) is 6.42 Å². The van der Waals surface area contributed by atoms with E-state index in [1.807, 2.05) is 0 Å². The first kappa shape index (κ1) is 27.9. The van der Waals surface area contributed by atoms with Crippen LogP contribution in [0.25, 0.3) is 0 Å². The molecule has 2 aliphatic heterocycles. The van der Waals surface area contributed by atoms with Crippen molar-refractivity contribution >= 4 is 29.4 Å². The molecule has 0 spiro atoms. The molecule has 4 amide bonds. The van der Waals surface area contributed by atoms with Gasteiger partial charge in [0.05, 0.1) is 6.04 Å². The van der Waals surface area contributed by atoms with Crippen molar-refractivity contribution in [3.05, 3.63) is 0 Å². The molecule has 36 heavy (non-hydrogen) atoms. The van der Waals surface area contributed by atoms with E-state index in [0.29, 0.717) is 19.4 Å². The van der Waals surface area contributed by atoms with Crippen LogP contribution in [0.4, 0.5) is 13.2 Å². The summed E-state index contributed by atoms with van der Waals surface area (Å²) in [6, 6.07) is -2.47. The summed E-state index contributed by atoms with van der Waals surface area (Å²) in [5.74, 6) is -4.78. The number of ether oxygens (including phenoxy) is 1. The number of ketones is 1. The predicted molar refractivity (Wildman–Crippen MR) is 119 cm³/mol. The Morgan fingerprint density at radius 2 is 1.83 bits per heavy atom. The number of hydrogen-bond acceptors (Lipinski definition) is 6. The van der Waals surface area contributed by atoms with E-state index in [1.165, 1.54) is 4.90 Å². The minimum atomic E-state index is -5.04. The van der Waals surface area contributed by atoms with Crippen molar-refractivity contribution in [2.75, 3.05) is 19.7 Å². The van der Waals surface area contributed by atoms with Gasteiger partial charge in [-0.3, -0.25) is 28.7 Å². The van der Waals surface area contributed by atoms with E-state index in [1.54, 1.807) is 20.8 Å². The minimum absolute atomic E-state index is 0.00420. The van der Waals surface area contributed by atoms with E-state index in [9.17, 15) is 37.1 Å². The number of nitrogens with one attached hydrogen (secondary N) is 3. The monoisotopic (exact) mass is 518 g/mol. The Kier molecular flexibility index (Phi) is 8.31. The zero-order chi connectivity index (χ0) is 26.8. The second kappa shape index (κ2) is 10.7. The van der Waals surface area contributed by atoms with Crippen LogP contribution in [-0.2, 0) is 28.7 Å². The third-order valence-electron chi connectivity index (χ3n) is 6.87. The van der Waals surface area contributed by atoms with Gasteiger partial charge in [0.1, 0.15) is 12.6 Å². The second-order valence-corrected chi connectivity index (χ2v) is 10.7. The fourth-order valence-electron chi connectivity index (χ4n) is 5.31. The highest BCUT2D eigenvalue weighted by molar-refractivity contribution is 6.35. The molecular weight excluding hydrogens is 485 g/mol. The second-order valence-electron chi connectivity index (χ2n) is 10.7.